The summed E-state index contributed by atoms with van der Waals surface area (Å²) < 4.78 is 27.4. The van der Waals surface area contributed by atoms with Crippen LogP contribution in [-0.2, 0) is 10.0 Å². The van der Waals surface area contributed by atoms with E-state index in [1.54, 1.807) is 13.0 Å². The Labute approximate surface area is 130 Å². The molecule has 3 N–H and O–H groups in total. The fourth-order valence-electron chi connectivity index (χ4n) is 2.87. The summed E-state index contributed by atoms with van der Waals surface area (Å²) in [7, 11) is -3.98. The molecule has 1 saturated carbocycles. The molecule has 1 aliphatic rings. The number of nitro groups is 1. The van der Waals surface area contributed by atoms with E-state index in [1.165, 1.54) is 12.1 Å². The Morgan fingerprint density at radius 1 is 1.32 bits per heavy atom. The molecule has 0 atom stereocenters. The number of nitro benzene ring substituents is 1. The number of nitrogens with one attached hydrogen (secondary N) is 1. The fraction of sp³-hybridized carbons (Fsp3) is 0.571. The topological polar surface area (TPSA) is 115 Å². The molecule has 0 saturated heterocycles. The zero-order valence-corrected chi connectivity index (χ0v) is 13.4. The fourth-order valence-corrected chi connectivity index (χ4v) is 4.41. The maximum absolute atomic E-state index is 12.5. The van der Waals surface area contributed by atoms with Crippen LogP contribution in [0.4, 0.5) is 5.69 Å². The molecular weight excluding hydrogens is 306 g/mol. The van der Waals surface area contributed by atoms with Gasteiger partial charge in [0.25, 0.3) is 5.69 Å². The molecule has 0 aromatic heterocycles. The molecule has 8 heteroatoms. The molecule has 1 aromatic carbocycles. The third-order valence-corrected chi connectivity index (χ3v) is 5.71. The Morgan fingerprint density at radius 2 is 1.95 bits per heavy atom. The molecule has 0 radical (unpaired) electrons. The van der Waals surface area contributed by atoms with Crippen molar-refractivity contribution in [3.8, 4) is 0 Å². The molecule has 0 unspecified atom stereocenters. The predicted octanol–water partition coefficient (Wildman–Crippen LogP) is 1.84. The van der Waals surface area contributed by atoms with Gasteiger partial charge in [-0.2, -0.15) is 0 Å². The number of rotatable bonds is 5. The third kappa shape index (κ3) is 3.63. The quantitative estimate of drug-likeness (QED) is 0.632. The van der Waals surface area contributed by atoms with Crippen LogP contribution in [-0.4, -0.2) is 25.4 Å². The van der Waals surface area contributed by atoms with E-state index < -0.39 is 26.2 Å². The minimum atomic E-state index is -3.98. The van der Waals surface area contributed by atoms with Crippen LogP contribution in [0.3, 0.4) is 0 Å². The molecule has 0 spiro atoms. The average Bonchev–Trinajstić information content (AvgIpc) is 2.46. The van der Waals surface area contributed by atoms with Crippen LogP contribution in [0.1, 0.15) is 37.7 Å². The van der Waals surface area contributed by atoms with Gasteiger partial charge in [0.1, 0.15) is 0 Å². The zero-order chi connectivity index (χ0) is 16.4. The molecule has 2 rings (SSSR count). The summed E-state index contributed by atoms with van der Waals surface area (Å²) in [6.07, 6.45) is 4.57. The minimum absolute atomic E-state index is 0.0980. The lowest BCUT2D eigenvalue weighted by molar-refractivity contribution is -0.387. The van der Waals surface area contributed by atoms with Gasteiger partial charge < -0.3 is 5.73 Å². The van der Waals surface area contributed by atoms with Gasteiger partial charge in [0.15, 0.2) is 4.90 Å². The van der Waals surface area contributed by atoms with Crippen molar-refractivity contribution in [2.75, 3.05) is 6.54 Å². The first-order valence-corrected chi connectivity index (χ1v) is 8.76. The number of benzene rings is 1. The molecule has 22 heavy (non-hydrogen) atoms. The van der Waals surface area contributed by atoms with Crippen LogP contribution in [0.25, 0.3) is 0 Å². The summed E-state index contributed by atoms with van der Waals surface area (Å²) in [5.74, 6) is 0. The van der Waals surface area contributed by atoms with Crippen LogP contribution < -0.4 is 10.5 Å². The monoisotopic (exact) mass is 327 g/mol. The second-order valence-electron chi connectivity index (χ2n) is 5.93. The summed E-state index contributed by atoms with van der Waals surface area (Å²) >= 11 is 0. The van der Waals surface area contributed by atoms with Gasteiger partial charge in [-0.25, -0.2) is 13.1 Å². The highest BCUT2D eigenvalue weighted by Crippen LogP contribution is 2.29. The Morgan fingerprint density at radius 3 is 2.55 bits per heavy atom. The number of hydrogen-bond donors (Lipinski definition) is 2. The second-order valence-corrected chi connectivity index (χ2v) is 7.63. The Balaban J connectivity index is 2.26. The first-order valence-electron chi connectivity index (χ1n) is 7.28. The van der Waals surface area contributed by atoms with Gasteiger partial charge in [0.2, 0.25) is 10.0 Å². The van der Waals surface area contributed by atoms with Crippen molar-refractivity contribution in [1.82, 2.24) is 4.72 Å². The maximum Gasteiger partial charge on any atom is 0.289 e. The Hall–Kier alpha value is -1.51. The third-order valence-electron chi connectivity index (χ3n) is 4.12. The highest BCUT2D eigenvalue weighted by Gasteiger charge is 2.32. The standard InChI is InChI=1S/C14H21N3O4S/c1-11-6-5-7-12(17(18)19)13(11)22(20,21)16-10-14(15)8-3-2-4-9-14/h5-7,16H,2-4,8-10,15H2,1H3. The number of nitrogens with zero attached hydrogens (tertiary/aromatic N) is 1. The van der Waals surface area contributed by atoms with Gasteiger partial charge in [-0.1, -0.05) is 31.4 Å². The van der Waals surface area contributed by atoms with E-state index in [9.17, 15) is 18.5 Å². The highest BCUT2D eigenvalue weighted by atomic mass is 32.2. The summed E-state index contributed by atoms with van der Waals surface area (Å²) in [6, 6.07) is 4.21. The van der Waals surface area contributed by atoms with E-state index in [2.05, 4.69) is 4.72 Å². The van der Waals surface area contributed by atoms with Crippen LogP contribution >= 0.6 is 0 Å². The first kappa shape index (κ1) is 16.9. The van der Waals surface area contributed by atoms with Gasteiger partial charge in [0.05, 0.1) is 4.92 Å². The molecule has 7 nitrogen and oxygen atoms in total. The van der Waals surface area contributed by atoms with E-state index in [4.69, 9.17) is 5.73 Å². The van der Waals surface area contributed by atoms with Crippen LogP contribution in [0.2, 0.25) is 0 Å². The van der Waals surface area contributed by atoms with Crippen molar-refractivity contribution in [2.45, 2.75) is 49.5 Å². The van der Waals surface area contributed by atoms with Crippen LogP contribution in [0, 0.1) is 17.0 Å². The van der Waals surface area contributed by atoms with Gasteiger partial charge >= 0.3 is 0 Å². The number of hydrogen-bond acceptors (Lipinski definition) is 5. The summed E-state index contributed by atoms with van der Waals surface area (Å²) in [6.45, 7) is 1.64. The van der Waals surface area contributed by atoms with Gasteiger partial charge in [-0.3, -0.25) is 10.1 Å². The molecule has 0 heterocycles. The Kier molecular flexibility index (Phi) is 4.84. The van der Waals surface area contributed by atoms with Crippen molar-refractivity contribution in [3.05, 3.63) is 33.9 Å². The largest absolute Gasteiger partial charge is 0.324 e. The molecule has 0 aliphatic heterocycles. The van der Waals surface area contributed by atoms with Gasteiger partial charge in [-0.05, 0) is 25.3 Å². The number of sulfonamides is 1. The van der Waals surface area contributed by atoms with Crippen molar-refractivity contribution in [3.63, 3.8) is 0 Å². The summed E-state index contributed by atoms with van der Waals surface area (Å²) in [5, 5.41) is 11.1. The second kappa shape index (κ2) is 6.31. The van der Waals surface area contributed by atoms with Crippen molar-refractivity contribution in [2.24, 2.45) is 5.73 Å². The molecule has 1 aliphatic carbocycles. The molecule has 122 valence electrons. The predicted molar refractivity (Wildman–Crippen MR) is 83.0 cm³/mol. The normalized spacial score (nSPS) is 18.1. The molecule has 1 fully saturated rings. The van der Waals surface area contributed by atoms with Gasteiger partial charge in [0, 0.05) is 18.2 Å². The first-order chi connectivity index (χ1) is 10.3. The Bertz CT molecular complexity index is 667. The van der Waals surface area contributed by atoms with Gasteiger partial charge in [-0.15, -0.1) is 0 Å². The molecular formula is C14H21N3O4S. The summed E-state index contributed by atoms with van der Waals surface area (Å²) in [5.41, 5.74) is 5.58. The maximum atomic E-state index is 12.5. The summed E-state index contributed by atoms with van der Waals surface area (Å²) in [4.78, 5) is 10.1. The van der Waals surface area contributed by atoms with E-state index in [0.29, 0.717) is 5.56 Å². The van der Waals surface area contributed by atoms with Crippen molar-refractivity contribution < 1.29 is 13.3 Å². The minimum Gasteiger partial charge on any atom is -0.324 e. The van der Waals surface area contributed by atoms with E-state index in [1.807, 2.05) is 0 Å². The van der Waals surface area contributed by atoms with E-state index in [0.717, 1.165) is 32.1 Å². The lowest BCUT2D eigenvalue weighted by atomic mass is 9.83. The number of aryl methyl sites for hydroxylation is 1. The SMILES string of the molecule is Cc1cccc([N+](=O)[O-])c1S(=O)(=O)NCC1(N)CCCCC1. The van der Waals surface area contributed by atoms with Crippen molar-refractivity contribution in [1.29, 1.82) is 0 Å². The van der Waals surface area contributed by atoms with Crippen LogP contribution in [0.15, 0.2) is 23.1 Å². The lowest BCUT2D eigenvalue weighted by Gasteiger charge is -2.33. The molecule has 0 amide bonds. The number of nitrogens with two attached hydrogens (primary N) is 1. The van der Waals surface area contributed by atoms with Crippen molar-refractivity contribution >= 4 is 15.7 Å². The lowest BCUT2D eigenvalue weighted by Crippen LogP contribution is -2.51. The smallest absolute Gasteiger partial charge is 0.289 e. The van der Waals surface area contributed by atoms with Crippen LogP contribution in [0.5, 0.6) is 0 Å². The molecule has 0 bridgehead atoms. The highest BCUT2D eigenvalue weighted by molar-refractivity contribution is 7.89. The van der Waals surface area contributed by atoms with E-state index >= 15 is 0 Å². The van der Waals surface area contributed by atoms with E-state index in [-0.39, 0.29) is 11.4 Å². The molecule has 1 aromatic rings. The zero-order valence-electron chi connectivity index (χ0n) is 12.5. The average molecular weight is 327 g/mol.